The summed E-state index contributed by atoms with van der Waals surface area (Å²) in [5.74, 6) is -0.945. The normalized spacial score (nSPS) is 20.0. The Bertz CT molecular complexity index is 665. The summed E-state index contributed by atoms with van der Waals surface area (Å²) in [6, 6.07) is 7.38. The molecule has 1 aliphatic heterocycles. The molecule has 2 atom stereocenters. The van der Waals surface area contributed by atoms with Crippen LogP contribution in [0.5, 0.6) is 0 Å². The van der Waals surface area contributed by atoms with Crippen molar-refractivity contribution < 1.29 is 28.5 Å². The van der Waals surface area contributed by atoms with Gasteiger partial charge in [0.05, 0.1) is 7.11 Å². The van der Waals surface area contributed by atoms with E-state index in [1.54, 1.807) is 12.2 Å². The second-order valence-electron chi connectivity index (χ2n) is 5.24. The van der Waals surface area contributed by atoms with Gasteiger partial charge in [-0.25, -0.2) is 4.79 Å². The maximum Gasteiger partial charge on any atom is 0.373 e. The summed E-state index contributed by atoms with van der Waals surface area (Å²) < 4.78 is 22.0. The van der Waals surface area contributed by atoms with Crippen LogP contribution in [0.2, 0.25) is 0 Å². The van der Waals surface area contributed by atoms with Gasteiger partial charge in [0, 0.05) is 17.8 Å². The SMILES string of the molecule is COC(=O)C(=Cc1ccc(Br)cc1)O[C@@H]1CC=C[C@@H](COC(C)=O)O1. The highest BCUT2D eigenvalue weighted by molar-refractivity contribution is 9.10. The Kier molecular flexibility index (Phi) is 7.21. The lowest BCUT2D eigenvalue weighted by molar-refractivity contribution is -0.172. The molecule has 0 fully saturated rings. The lowest BCUT2D eigenvalue weighted by atomic mass is 10.2. The van der Waals surface area contributed by atoms with Gasteiger partial charge < -0.3 is 18.9 Å². The lowest BCUT2D eigenvalue weighted by Gasteiger charge is -2.26. The molecule has 1 aromatic carbocycles. The molecule has 0 spiro atoms. The Labute approximate surface area is 154 Å². The van der Waals surface area contributed by atoms with Crippen molar-refractivity contribution in [1.82, 2.24) is 0 Å². The van der Waals surface area contributed by atoms with Gasteiger partial charge in [0.1, 0.15) is 12.7 Å². The zero-order valence-electron chi connectivity index (χ0n) is 13.9. The molecule has 2 rings (SSSR count). The third kappa shape index (κ3) is 6.36. The molecule has 1 aliphatic rings. The zero-order valence-corrected chi connectivity index (χ0v) is 15.5. The highest BCUT2D eigenvalue weighted by atomic mass is 79.9. The summed E-state index contributed by atoms with van der Waals surface area (Å²) in [5.41, 5.74) is 0.784. The summed E-state index contributed by atoms with van der Waals surface area (Å²) in [5, 5.41) is 0. The van der Waals surface area contributed by atoms with Crippen molar-refractivity contribution >= 4 is 33.9 Å². The van der Waals surface area contributed by atoms with Crippen LogP contribution >= 0.6 is 15.9 Å². The van der Waals surface area contributed by atoms with Gasteiger partial charge in [-0.2, -0.15) is 0 Å². The summed E-state index contributed by atoms with van der Waals surface area (Å²) in [6.07, 6.45) is 4.60. The first kappa shape index (κ1) is 19.2. The molecule has 0 aromatic heterocycles. The average Bonchev–Trinajstić information content (AvgIpc) is 2.61. The van der Waals surface area contributed by atoms with Crippen LogP contribution in [0.15, 0.2) is 46.6 Å². The largest absolute Gasteiger partial charge is 0.463 e. The highest BCUT2D eigenvalue weighted by Crippen LogP contribution is 2.20. The number of carbonyl (C=O) groups is 2. The van der Waals surface area contributed by atoms with Crippen molar-refractivity contribution in [3.05, 3.63) is 52.2 Å². The maximum atomic E-state index is 12.0. The van der Waals surface area contributed by atoms with Gasteiger partial charge in [-0.15, -0.1) is 0 Å². The predicted molar refractivity (Wildman–Crippen MR) is 94.3 cm³/mol. The van der Waals surface area contributed by atoms with Crippen LogP contribution in [0.1, 0.15) is 18.9 Å². The van der Waals surface area contributed by atoms with Crippen molar-refractivity contribution in [2.24, 2.45) is 0 Å². The zero-order chi connectivity index (χ0) is 18.2. The molecular formula is C18H19BrO6. The average molecular weight is 411 g/mol. The fourth-order valence-corrected chi connectivity index (χ4v) is 2.37. The Balaban J connectivity index is 2.07. The number of benzene rings is 1. The van der Waals surface area contributed by atoms with Crippen molar-refractivity contribution in [1.29, 1.82) is 0 Å². The van der Waals surface area contributed by atoms with Crippen LogP contribution in [-0.2, 0) is 28.5 Å². The van der Waals surface area contributed by atoms with Gasteiger partial charge >= 0.3 is 11.9 Å². The summed E-state index contributed by atoms with van der Waals surface area (Å²) >= 11 is 3.36. The number of esters is 2. The van der Waals surface area contributed by atoms with E-state index in [1.807, 2.05) is 30.3 Å². The molecule has 0 unspecified atom stereocenters. The van der Waals surface area contributed by atoms with E-state index in [1.165, 1.54) is 14.0 Å². The van der Waals surface area contributed by atoms with E-state index in [0.29, 0.717) is 6.42 Å². The van der Waals surface area contributed by atoms with E-state index < -0.39 is 18.4 Å². The number of carbonyl (C=O) groups excluding carboxylic acids is 2. The van der Waals surface area contributed by atoms with E-state index >= 15 is 0 Å². The summed E-state index contributed by atoms with van der Waals surface area (Å²) in [6.45, 7) is 1.42. The van der Waals surface area contributed by atoms with E-state index in [4.69, 9.17) is 18.9 Å². The number of rotatable bonds is 6. The third-order valence-electron chi connectivity index (χ3n) is 3.27. The number of hydrogen-bond donors (Lipinski definition) is 0. The van der Waals surface area contributed by atoms with E-state index in [0.717, 1.165) is 10.0 Å². The minimum atomic E-state index is -0.675. The minimum Gasteiger partial charge on any atom is -0.463 e. The van der Waals surface area contributed by atoms with Crippen LogP contribution in [0.4, 0.5) is 0 Å². The summed E-state index contributed by atoms with van der Waals surface area (Å²) in [7, 11) is 1.28. The van der Waals surface area contributed by atoms with Gasteiger partial charge in [-0.05, 0) is 23.8 Å². The van der Waals surface area contributed by atoms with E-state index in [9.17, 15) is 9.59 Å². The molecular weight excluding hydrogens is 392 g/mol. The molecule has 0 bridgehead atoms. The highest BCUT2D eigenvalue weighted by Gasteiger charge is 2.24. The van der Waals surface area contributed by atoms with Gasteiger partial charge in [0.25, 0.3) is 0 Å². The van der Waals surface area contributed by atoms with Crippen LogP contribution < -0.4 is 0 Å². The monoisotopic (exact) mass is 410 g/mol. The lowest BCUT2D eigenvalue weighted by Crippen LogP contribution is -2.31. The summed E-state index contributed by atoms with van der Waals surface area (Å²) in [4.78, 5) is 22.9. The van der Waals surface area contributed by atoms with Gasteiger partial charge in [0.2, 0.25) is 12.0 Å². The molecule has 0 aliphatic carbocycles. The Hall–Kier alpha value is -2.12. The number of methoxy groups -OCH3 is 1. The van der Waals surface area contributed by atoms with Gasteiger partial charge in [-0.1, -0.05) is 40.2 Å². The van der Waals surface area contributed by atoms with Crippen LogP contribution in [0.25, 0.3) is 6.08 Å². The third-order valence-corrected chi connectivity index (χ3v) is 3.80. The second kappa shape index (κ2) is 9.39. The van der Waals surface area contributed by atoms with Crippen molar-refractivity contribution in [3.63, 3.8) is 0 Å². The number of hydrogen-bond acceptors (Lipinski definition) is 6. The van der Waals surface area contributed by atoms with Crippen LogP contribution in [0.3, 0.4) is 0 Å². The molecule has 0 amide bonds. The topological polar surface area (TPSA) is 71.1 Å². The fraction of sp³-hybridized carbons (Fsp3) is 0.333. The maximum absolute atomic E-state index is 12.0. The smallest absolute Gasteiger partial charge is 0.373 e. The van der Waals surface area contributed by atoms with E-state index in [-0.39, 0.29) is 18.3 Å². The Morgan fingerprint density at radius 2 is 2.04 bits per heavy atom. The first-order chi connectivity index (χ1) is 12.0. The quantitative estimate of drug-likeness (QED) is 0.310. The first-order valence-corrected chi connectivity index (χ1v) is 8.45. The molecule has 0 saturated carbocycles. The minimum absolute atomic E-state index is 0.0383. The second-order valence-corrected chi connectivity index (χ2v) is 6.16. The molecule has 1 heterocycles. The molecule has 0 radical (unpaired) electrons. The molecule has 7 heteroatoms. The molecule has 6 nitrogen and oxygen atoms in total. The van der Waals surface area contributed by atoms with Gasteiger partial charge in [0.15, 0.2) is 0 Å². The molecule has 134 valence electrons. The van der Waals surface area contributed by atoms with Crippen LogP contribution in [-0.4, -0.2) is 38.0 Å². The fourth-order valence-electron chi connectivity index (χ4n) is 2.10. The van der Waals surface area contributed by atoms with Crippen molar-refractivity contribution in [3.8, 4) is 0 Å². The predicted octanol–water partition coefficient (Wildman–Crippen LogP) is 3.21. The van der Waals surface area contributed by atoms with Crippen molar-refractivity contribution in [2.75, 3.05) is 13.7 Å². The molecule has 0 saturated heterocycles. The van der Waals surface area contributed by atoms with Crippen LogP contribution in [0, 0.1) is 0 Å². The molecule has 0 N–H and O–H groups in total. The first-order valence-electron chi connectivity index (χ1n) is 7.65. The Morgan fingerprint density at radius 3 is 2.68 bits per heavy atom. The van der Waals surface area contributed by atoms with E-state index in [2.05, 4.69) is 15.9 Å². The number of halogens is 1. The van der Waals surface area contributed by atoms with Gasteiger partial charge in [-0.3, -0.25) is 4.79 Å². The Morgan fingerprint density at radius 1 is 1.32 bits per heavy atom. The van der Waals surface area contributed by atoms with Crippen molar-refractivity contribution in [2.45, 2.75) is 25.7 Å². The molecule has 1 aromatic rings. The standard InChI is InChI=1S/C18H19BrO6/c1-12(20)23-11-15-4-3-5-17(24-15)25-16(18(21)22-2)10-13-6-8-14(19)9-7-13/h3-4,6-10,15,17H,5,11H2,1-2H3/t15-,17+/m0/s1. The number of ether oxygens (including phenoxy) is 4. The molecule has 25 heavy (non-hydrogen) atoms.